The first kappa shape index (κ1) is 24.3. The monoisotopic (exact) mass is 481 g/mol. The highest BCUT2D eigenvalue weighted by atomic mass is 19.4. The number of carbonyl (C=O) groups is 2. The molecule has 5 nitrogen and oxygen atoms in total. The first-order chi connectivity index (χ1) is 16.8. The number of hydrogen-bond acceptors (Lipinski definition) is 3. The molecule has 0 saturated carbocycles. The van der Waals surface area contributed by atoms with E-state index < -0.39 is 11.7 Å². The fraction of sp³-hybridized carbons (Fsp3) is 0.259. The Labute approximate surface area is 202 Å². The lowest BCUT2D eigenvalue weighted by Crippen LogP contribution is -2.46. The van der Waals surface area contributed by atoms with Gasteiger partial charge in [-0.15, -0.1) is 0 Å². The summed E-state index contributed by atoms with van der Waals surface area (Å²) in [4.78, 5) is 26.7. The van der Waals surface area contributed by atoms with Crippen LogP contribution in [0.5, 0.6) is 0 Å². The molecule has 0 spiro atoms. The average Bonchev–Trinajstić information content (AvgIpc) is 2.88. The van der Waals surface area contributed by atoms with Crippen LogP contribution in [-0.2, 0) is 11.0 Å². The molecule has 1 aliphatic heterocycles. The predicted molar refractivity (Wildman–Crippen MR) is 129 cm³/mol. The molecule has 1 heterocycles. The molecule has 0 unspecified atom stereocenters. The molecule has 4 rings (SSSR count). The van der Waals surface area contributed by atoms with E-state index in [4.69, 9.17) is 0 Å². The molecule has 182 valence electrons. The quantitative estimate of drug-likeness (QED) is 0.509. The van der Waals surface area contributed by atoms with Crippen molar-refractivity contribution in [1.29, 1.82) is 0 Å². The second kappa shape index (κ2) is 10.6. The van der Waals surface area contributed by atoms with Crippen molar-refractivity contribution >= 4 is 17.5 Å². The lowest BCUT2D eigenvalue weighted by molar-refractivity contribution is -0.137. The number of hydrogen-bond donors (Lipinski definition) is 2. The Kier molecular flexibility index (Phi) is 7.39. The summed E-state index contributed by atoms with van der Waals surface area (Å²) in [5.41, 5.74) is 2.49. The van der Waals surface area contributed by atoms with Gasteiger partial charge in [0.2, 0.25) is 5.91 Å². The standard InChI is InChI=1S/C27H26F3N3O2/c28-27(29,30)22-10-12-23(13-11-22)32-24-14-16-33(17-15-24)25(34)18-31-26(35)21-8-6-20(7-9-21)19-4-2-1-3-5-19/h1-13,24,32H,14-18H2,(H,31,35). The largest absolute Gasteiger partial charge is 0.416 e. The zero-order chi connectivity index (χ0) is 24.8. The molecular weight excluding hydrogens is 455 g/mol. The van der Waals surface area contributed by atoms with Crippen molar-refractivity contribution in [1.82, 2.24) is 10.2 Å². The van der Waals surface area contributed by atoms with Crippen molar-refractivity contribution in [2.24, 2.45) is 0 Å². The maximum absolute atomic E-state index is 12.7. The molecule has 1 saturated heterocycles. The minimum atomic E-state index is -4.36. The lowest BCUT2D eigenvalue weighted by Gasteiger charge is -2.33. The molecule has 0 aromatic heterocycles. The van der Waals surface area contributed by atoms with E-state index in [-0.39, 0.29) is 24.4 Å². The SMILES string of the molecule is O=C(NCC(=O)N1CCC(Nc2ccc(C(F)(F)F)cc2)CC1)c1ccc(-c2ccccc2)cc1. The van der Waals surface area contributed by atoms with Gasteiger partial charge in [-0.2, -0.15) is 13.2 Å². The fourth-order valence-electron chi connectivity index (χ4n) is 4.08. The molecule has 2 amide bonds. The first-order valence-corrected chi connectivity index (χ1v) is 11.4. The number of alkyl halides is 3. The number of rotatable bonds is 6. The number of benzene rings is 3. The van der Waals surface area contributed by atoms with Gasteiger partial charge in [-0.25, -0.2) is 0 Å². The van der Waals surface area contributed by atoms with Crippen LogP contribution in [0.3, 0.4) is 0 Å². The zero-order valence-corrected chi connectivity index (χ0v) is 19.0. The molecule has 8 heteroatoms. The van der Waals surface area contributed by atoms with Crippen LogP contribution in [0.2, 0.25) is 0 Å². The number of likely N-dealkylation sites (tertiary alicyclic amines) is 1. The summed E-state index contributed by atoms with van der Waals surface area (Å²) in [6.07, 6.45) is -3.02. The molecule has 3 aromatic rings. The average molecular weight is 482 g/mol. The summed E-state index contributed by atoms with van der Waals surface area (Å²) >= 11 is 0. The van der Waals surface area contributed by atoms with E-state index in [1.807, 2.05) is 42.5 Å². The van der Waals surface area contributed by atoms with Crippen LogP contribution in [-0.4, -0.2) is 42.4 Å². The van der Waals surface area contributed by atoms with E-state index in [1.165, 1.54) is 12.1 Å². The molecular formula is C27H26F3N3O2. The van der Waals surface area contributed by atoms with Gasteiger partial charge in [-0.3, -0.25) is 9.59 Å². The Hall–Kier alpha value is -3.81. The van der Waals surface area contributed by atoms with E-state index in [2.05, 4.69) is 10.6 Å². The van der Waals surface area contributed by atoms with Crippen LogP contribution in [0, 0.1) is 0 Å². The number of nitrogens with one attached hydrogen (secondary N) is 2. The Bertz CT molecular complexity index is 1140. The molecule has 2 N–H and O–H groups in total. The second-order valence-electron chi connectivity index (χ2n) is 8.50. The maximum Gasteiger partial charge on any atom is 0.416 e. The van der Waals surface area contributed by atoms with E-state index in [0.29, 0.717) is 37.2 Å². The Morgan fingerprint density at radius 3 is 2.03 bits per heavy atom. The smallest absolute Gasteiger partial charge is 0.382 e. The molecule has 3 aromatic carbocycles. The summed E-state index contributed by atoms with van der Waals surface area (Å²) < 4.78 is 38.1. The van der Waals surface area contributed by atoms with Crippen LogP contribution in [0.1, 0.15) is 28.8 Å². The van der Waals surface area contributed by atoms with Gasteiger partial charge in [0.05, 0.1) is 12.1 Å². The van der Waals surface area contributed by atoms with E-state index in [1.54, 1.807) is 17.0 Å². The molecule has 0 radical (unpaired) electrons. The van der Waals surface area contributed by atoms with Gasteiger partial charge in [0.1, 0.15) is 0 Å². The fourth-order valence-corrected chi connectivity index (χ4v) is 4.08. The summed E-state index contributed by atoms with van der Waals surface area (Å²) in [6, 6.07) is 22.1. The van der Waals surface area contributed by atoms with Crippen LogP contribution in [0.25, 0.3) is 11.1 Å². The number of anilines is 1. The third-order valence-corrected chi connectivity index (χ3v) is 6.09. The van der Waals surface area contributed by atoms with Gasteiger partial charge < -0.3 is 15.5 Å². The highest BCUT2D eigenvalue weighted by Crippen LogP contribution is 2.30. The second-order valence-corrected chi connectivity index (χ2v) is 8.50. The van der Waals surface area contributed by atoms with Crippen LogP contribution in [0.4, 0.5) is 18.9 Å². The minimum absolute atomic E-state index is 0.0634. The van der Waals surface area contributed by atoms with Crippen LogP contribution in [0.15, 0.2) is 78.9 Å². The van der Waals surface area contributed by atoms with E-state index in [0.717, 1.165) is 23.3 Å². The van der Waals surface area contributed by atoms with Gasteiger partial charge >= 0.3 is 6.18 Å². The predicted octanol–water partition coefficient (Wildman–Crippen LogP) is 5.21. The number of carbonyl (C=O) groups excluding carboxylic acids is 2. The zero-order valence-electron chi connectivity index (χ0n) is 19.0. The normalized spacial score (nSPS) is 14.4. The summed E-state index contributed by atoms with van der Waals surface area (Å²) in [5.74, 6) is -0.468. The van der Waals surface area contributed by atoms with Crippen LogP contribution < -0.4 is 10.6 Å². The number of halogens is 3. The van der Waals surface area contributed by atoms with Crippen molar-refractivity contribution in [2.75, 3.05) is 25.0 Å². The Morgan fingerprint density at radius 2 is 1.43 bits per heavy atom. The van der Waals surface area contributed by atoms with Crippen molar-refractivity contribution in [2.45, 2.75) is 25.1 Å². The van der Waals surface area contributed by atoms with Gasteiger partial charge in [-0.05, 0) is 60.4 Å². The van der Waals surface area contributed by atoms with Gasteiger partial charge in [0.25, 0.3) is 5.91 Å². The lowest BCUT2D eigenvalue weighted by atomic mass is 10.0. The number of nitrogens with zero attached hydrogens (tertiary/aromatic N) is 1. The van der Waals surface area contributed by atoms with Gasteiger partial charge in [0.15, 0.2) is 0 Å². The van der Waals surface area contributed by atoms with E-state index in [9.17, 15) is 22.8 Å². The molecule has 1 aliphatic rings. The van der Waals surface area contributed by atoms with Gasteiger partial charge in [0, 0.05) is 30.4 Å². The molecule has 35 heavy (non-hydrogen) atoms. The number of amides is 2. The highest BCUT2D eigenvalue weighted by molar-refractivity contribution is 5.96. The van der Waals surface area contributed by atoms with E-state index >= 15 is 0 Å². The third kappa shape index (κ3) is 6.41. The summed E-state index contributed by atoms with van der Waals surface area (Å²) in [7, 11) is 0. The van der Waals surface area contributed by atoms with Crippen molar-refractivity contribution < 1.29 is 22.8 Å². The van der Waals surface area contributed by atoms with Crippen molar-refractivity contribution in [3.63, 3.8) is 0 Å². The van der Waals surface area contributed by atoms with Crippen LogP contribution >= 0.6 is 0 Å². The first-order valence-electron chi connectivity index (χ1n) is 11.4. The van der Waals surface area contributed by atoms with Crippen molar-refractivity contribution in [3.8, 4) is 11.1 Å². The topological polar surface area (TPSA) is 61.4 Å². The number of piperidine rings is 1. The third-order valence-electron chi connectivity index (χ3n) is 6.09. The summed E-state index contributed by atoms with van der Waals surface area (Å²) in [6.45, 7) is 0.938. The molecule has 0 bridgehead atoms. The Balaban J connectivity index is 1.21. The molecule has 0 aliphatic carbocycles. The van der Waals surface area contributed by atoms with Crippen molar-refractivity contribution in [3.05, 3.63) is 90.0 Å². The summed E-state index contributed by atoms with van der Waals surface area (Å²) in [5, 5.41) is 5.92. The highest BCUT2D eigenvalue weighted by Gasteiger charge is 2.30. The minimum Gasteiger partial charge on any atom is -0.382 e. The van der Waals surface area contributed by atoms with Gasteiger partial charge in [-0.1, -0.05) is 42.5 Å². The molecule has 0 atom stereocenters. The molecule has 1 fully saturated rings. The maximum atomic E-state index is 12.7. The Morgan fingerprint density at radius 1 is 0.829 bits per heavy atom.